The van der Waals surface area contributed by atoms with Crippen molar-refractivity contribution in [3.8, 4) is 0 Å². The van der Waals surface area contributed by atoms with Crippen LogP contribution in [0.2, 0.25) is 0 Å². The average molecular weight is 477 g/mol. The summed E-state index contributed by atoms with van der Waals surface area (Å²) in [4.78, 5) is 26.4. The second-order valence-electron chi connectivity index (χ2n) is 8.88. The highest BCUT2D eigenvalue weighted by Gasteiger charge is 2.33. The van der Waals surface area contributed by atoms with E-state index in [1.807, 2.05) is 32.9 Å². The van der Waals surface area contributed by atoms with Crippen LogP contribution in [-0.2, 0) is 4.79 Å². The molecule has 1 aromatic rings. The Morgan fingerprint density at radius 2 is 1.83 bits per heavy atom. The fourth-order valence-electron chi connectivity index (χ4n) is 2.95. The number of allylic oxidation sites excluding steroid dienone is 7. The highest BCUT2D eigenvalue weighted by atomic mass is 16.5. The second-order valence-corrected chi connectivity index (χ2v) is 8.88. The van der Waals surface area contributed by atoms with Crippen molar-refractivity contribution in [2.24, 2.45) is 10.4 Å². The minimum Gasteiger partial charge on any atom is -0.326 e. The van der Waals surface area contributed by atoms with Crippen LogP contribution in [0.4, 0.5) is 0 Å². The zero-order chi connectivity index (χ0) is 26.2. The molecule has 8 nitrogen and oxygen atoms in total. The van der Waals surface area contributed by atoms with E-state index in [1.54, 1.807) is 44.5 Å². The molecule has 1 aliphatic rings. The number of carbonyl (C=O) groups is 1. The summed E-state index contributed by atoms with van der Waals surface area (Å²) in [5, 5.41) is 13.8. The third-order valence-corrected chi connectivity index (χ3v) is 5.34. The van der Waals surface area contributed by atoms with Gasteiger partial charge in [-0.25, -0.2) is 9.98 Å². The van der Waals surface area contributed by atoms with E-state index in [4.69, 9.17) is 0 Å². The molecule has 1 fully saturated rings. The summed E-state index contributed by atoms with van der Waals surface area (Å²) in [5.74, 6) is -0.0473. The normalized spacial score (nSPS) is 15.1. The quantitative estimate of drug-likeness (QED) is 0.224. The van der Waals surface area contributed by atoms with Crippen LogP contribution in [-0.4, -0.2) is 38.0 Å². The Balaban J connectivity index is 2.11. The minimum absolute atomic E-state index is 0.0647. The standard InChI is InChI=1S/C27H36N6O2/c1-9-11-25(30-20(6)32-33(35)22-14-15-22)27(7,8)26(34)29-19(5)12-13-21(10-2)24-17-28-16-23(31-24)18(3)4/h9-13,16-17,22,32,35H,3,5-6,14-15H2,1-2,4,7-8H3,(H,29,34)/b11-9-,13-12-,21-10+,30-25+. The van der Waals surface area contributed by atoms with Gasteiger partial charge >= 0.3 is 0 Å². The molecule has 0 unspecified atom stereocenters. The Kier molecular flexibility index (Phi) is 9.62. The fraction of sp³-hybridized carbons (Fsp3) is 0.333. The molecule has 0 atom stereocenters. The highest BCUT2D eigenvalue weighted by Crippen LogP contribution is 2.25. The van der Waals surface area contributed by atoms with E-state index in [0.717, 1.165) is 34.9 Å². The summed E-state index contributed by atoms with van der Waals surface area (Å²) in [6, 6.07) is 0.0647. The molecule has 1 amide bonds. The van der Waals surface area contributed by atoms with Crippen LogP contribution < -0.4 is 10.7 Å². The molecule has 0 aliphatic heterocycles. The number of aromatic nitrogens is 2. The van der Waals surface area contributed by atoms with Gasteiger partial charge in [-0.1, -0.05) is 38.0 Å². The lowest BCUT2D eigenvalue weighted by atomic mass is 9.85. The molecular formula is C27H36N6O2. The van der Waals surface area contributed by atoms with Crippen molar-refractivity contribution < 1.29 is 10.0 Å². The van der Waals surface area contributed by atoms with Crippen LogP contribution in [0.5, 0.6) is 0 Å². The van der Waals surface area contributed by atoms with Gasteiger partial charge in [-0.15, -0.1) is 5.17 Å². The number of hydrazine groups is 1. The number of hydrogen-bond acceptors (Lipinski definition) is 7. The van der Waals surface area contributed by atoms with E-state index in [1.165, 1.54) is 0 Å². The van der Waals surface area contributed by atoms with Crippen molar-refractivity contribution in [1.29, 1.82) is 0 Å². The molecule has 2 rings (SSSR count). The molecular weight excluding hydrogens is 440 g/mol. The topological polar surface area (TPSA) is 103 Å². The Morgan fingerprint density at radius 1 is 1.17 bits per heavy atom. The van der Waals surface area contributed by atoms with Crippen molar-refractivity contribution in [2.45, 2.75) is 53.5 Å². The van der Waals surface area contributed by atoms with E-state index in [0.29, 0.717) is 17.1 Å². The van der Waals surface area contributed by atoms with E-state index >= 15 is 0 Å². The summed E-state index contributed by atoms with van der Waals surface area (Å²) < 4.78 is 0. The van der Waals surface area contributed by atoms with Gasteiger partial charge in [-0.3, -0.25) is 20.4 Å². The van der Waals surface area contributed by atoms with Crippen molar-refractivity contribution >= 4 is 22.8 Å². The maximum Gasteiger partial charge on any atom is 0.236 e. The summed E-state index contributed by atoms with van der Waals surface area (Å²) in [6.07, 6.45) is 14.1. The zero-order valence-electron chi connectivity index (χ0n) is 21.3. The van der Waals surface area contributed by atoms with Gasteiger partial charge in [0, 0.05) is 5.70 Å². The fourth-order valence-corrected chi connectivity index (χ4v) is 2.95. The molecule has 0 radical (unpaired) electrons. The number of aliphatic imine (C=N–C) groups is 1. The van der Waals surface area contributed by atoms with E-state index in [2.05, 4.69) is 45.4 Å². The van der Waals surface area contributed by atoms with Crippen LogP contribution >= 0.6 is 0 Å². The summed E-state index contributed by atoms with van der Waals surface area (Å²) >= 11 is 0. The number of carbonyl (C=O) groups excluding carboxylic acids is 1. The molecule has 0 bridgehead atoms. The van der Waals surface area contributed by atoms with Crippen LogP contribution in [0.15, 0.2) is 79.0 Å². The van der Waals surface area contributed by atoms with Gasteiger partial charge in [0.05, 0.1) is 41.0 Å². The van der Waals surface area contributed by atoms with Gasteiger partial charge in [0.15, 0.2) is 0 Å². The molecule has 0 aromatic carbocycles. The van der Waals surface area contributed by atoms with E-state index in [-0.39, 0.29) is 17.8 Å². The summed E-state index contributed by atoms with van der Waals surface area (Å²) in [6.45, 7) is 20.9. The smallest absolute Gasteiger partial charge is 0.236 e. The first-order valence-electron chi connectivity index (χ1n) is 11.5. The number of hydrogen-bond donors (Lipinski definition) is 3. The Bertz CT molecular complexity index is 1110. The van der Waals surface area contributed by atoms with Crippen molar-refractivity contribution in [2.75, 3.05) is 0 Å². The van der Waals surface area contributed by atoms with Gasteiger partial charge in [-0.2, -0.15) is 0 Å². The first kappa shape index (κ1) is 27.6. The number of amides is 1. The van der Waals surface area contributed by atoms with Gasteiger partial charge in [0.1, 0.15) is 5.82 Å². The number of hydroxylamine groups is 1. The van der Waals surface area contributed by atoms with Crippen molar-refractivity contribution in [1.82, 2.24) is 25.9 Å². The Morgan fingerprint density at radius 3 is 2.40 bits per heavy atom. The molecule has 1 saturated carbocycles. The molecule has 3 N–H and O–H groups in total. The molecule has 1 aromatic heterocycles. The summed E-state index contributed by atoms with van der Waals surface area (Å²) in [5.41, 5.74) is 5.71. The summed E-state index contributed by atoms with van der Waals surface area (Å²) in [7, 11) is 0. The van der Waals surface area contributed by atoms with Crippen molar-refractivity contribution in [3.63, 3.8) is 0 Å². The third-order valence-electron chi connectivity index (χ3n) is 5.34. The van der Waals surface area contributed by atoms with Crippen LogP contribution in [0.1, 0.15) is 58.8 Å². The van der Waals surface area contributed by atoms with E-state index < -0.39 is 5.41 Å². The largest absolute Gasteiger partial charge is 0.326 e. The van der Waals surface area contributed by atoms with Crippen LogP contribution in [0, 0.1) is 5.41 Å². The van der Waals surface area contributed by atoms with Gasteiger partial charge in [0.2, 0.25) is 5.91 Å². The SMILES string of the molecule is C=C(/C=C\C(=C/C)c1cncc(C(=C)C)n1)NC(=O)C(C)(C)C(/C=C\C)=N/C(=C)NN(O)C1CC1. The first-order valence-corrected chi connectivity index (χ1v) is 11.5. The Labute approximate surface area is 208 Å². The molecule has 35 heavy (non-hydrogen) atoms. The third kappa shape index (κ3) is 7.98. The van der Waals surface area contributed by atoms with Gasteiger partial charge < -0.3 is 5.32 Å². The zero-order valence-corrected chi connectivity index (χ0v) is 21.3. The number of rotatable bonds is 12. The van der Waals surface area contributed by atoms with Gasteiger partial charge in [-0.05, 0) is 70.8 Å². The molecule has 1 aliphatic carbocycles. The van der Waals surface area contributed by atoms with Crippen LogP contribution in [0.25, 0.3) is 11.1 Å². The Hall–Kier alpha value is -3.62. The van der Waals surface area contributed by atoms with Crippen LogP contribution in [0.3, 0.4) is 0 Å². The highest BCUT2D eigenvalue weighted by molar-refractivity contribution is 6.13. The van der Waals surface area contributed by atoms with Gasteiger partial charge in [0.25, 0.3) is 0 Å². The number of nitrogens with one attached hydrogen (secondary N) is 2. The van der Waals surface area contributed by atoms with E-state index in [9.17, 15) is 10.0 Å². The molecule has 8 heteroatoms. The molecule has 186 valence electrons. The monoisotopic (exact) mass is 476 g/mol. The lowest BCUT2D eigenvalue weighted by molar-refractivity contribution is -0.136. The average Bonchev–Trinajstić information content (AvgIpc) is 3.65. The predicted molar refractivity (Wildman–Crippen MR) is 142 cm³/mol. The molecule has 0 spiro atoms. The lowest BCUT2D eigenvalue weighted by Gasteiger charge is -2.25. The maximum atomic E-state index is 13.1. The minimum atomic E-state index is -1.00. The van der Waals surface area contributed by atoms with Crippen molar-refractivity contribution in [3.05, 3.63) is 85.4 Å². The second kappa shape index (κ2) is 12.2. The molecule has 1 heterocycles. The maximum absolute atomic E-state index is 13.1. The first-order chi connectivity index (χ1) is 16.5. The molecule has 0 saturated heterocycles. The lowest BCUT2D eigenvalue weighted by Crippen LogP contribution is -2.42. The predicted octanol–water partition coefficient (Wildman–Crippen LogP) is 4.97. The number of nitrogens with zero attached hydrogens (tertiary/aromatic N) is 4.